The number of fused-ring (bicyclic) bond motifs is 1. The van der Waals surface area contributed by atoms with Crippen LogP contribution in [0.4, 0.5) is 4.79 Å². The predicted molar refractivity (Wildman–Crippen MR) is 77.7 cm³/mol. The molecule has 1 aromatic heterocycles. The van der Waals surface area contributed by atoms with E-state index < -0.39 is 6.04 Å². The number of hydrogen-bond donors (Lipinski definition) is 1. The summed E-state index contributed by atoms with van der Waals surface area (Å²) in [5.74, 6) is 0.418. The van der Waals surface area contributed by atoms with Crippen molar-refractivity contribution in [3.05, 3.63) is 23.3 Å². The molecule has 0 aliphatic carbocycles. The van der Waals surface area contributed by atoms with Gasteiger partial charge in [-0.1, -0.05) is 20.3 Å². The maximum atomic E-state index is 12.4. The third-order valence-corrected chi connectivity index (χ3v) is 4.31. The van der Waals surface area contributed by atoms with Crippen LogP contribution in [0.3, 0.4) is 0 Å². The van der Waals surface area contributed by atoms with Crippen molar-refractivity contribution in [2.75, 3.05) is 6.61 Å². The van der Waals surface area contributed by atoms with Crippen molar-refractivity contribution in [2.45, 2.75) is 45.9 Å². The summed E-state index contributed by atoms with van der Waals surface area (Å²) in [6.45, 7) is 5.24. The second-order valence-electron chi connectivity index (χ2n) is 5.80. The first-order valence-electron chi connectivity index (χ1n) is 7.63. The Morgan fingerprint density at radius 2 is 2.32 bits per heavy atom. The summed E-state index contributed by atoms with van der Waals surface area (Å²) in [5.41, 5.74) is 1.92. The third-order valence-electron chi connectivity index (χ3n) is 4.31. The van der Waals surface area contributed by atoms with E-state index in [4.69, 9.17) is 4.74 Å². The smallest absolute Gasteiger partial charge is 0.325 e. The summed E-state index contributed by atoms with van der Waals surface area (Å²) in [7, 11) is 0. The monoisotopic (exact) mass is 304 g/mol. The zero-order valence-electron chi connectivity index (χ0n) is 12.8. The van der Waals surface area contributed by atoms with Crippen LogP contribution in [0.25, 0.3) is 0 Å². The van der Waals surface area contributed by atoms with Gasteiger partial charge in [-0.05, 0) is 5.92 Å². The van der Waals surface area contributed by atoms with E-state index in [0.29, 0.717) is 19.0 Å². The Balaban J connectivity index is 1.75. The topological polar surface area (TPSA) is 84.4 Å². The minimum absolute atomic E-state index is 0.114. The van der Waals surface area contributed by atoms with Crippen molar-refractivity contribution in [3.63, 3.8) is 0 Å². The molecule has 3 heterocycles. The number of carbonyl (C=O) groups is 2. The van der Waals surface area contributed by atoms with Crippen LogP contribution in [-0.4, -0.2) is 39.5 Å². The van der Waals surface area contributed by atoms with Gasteiger partial charge >= 0.3 is 6.03 Å². The van der Waals surface area contributed by atoms with Gasteiger partial charge < -0.3 is 10.1 Å². The predicted octanol–water partition coefficient (Wildman–Crippen LogP) is 1.02. The SMILES string of the molecule is CC[C@H](C)[C@@H]1NC(=O)N(Cc2ncc3c(n2)CCOC3)C1=O. The number of hydrogen-bond acceptors (Lipinski definition) is 5. The van der Waals surface area contributed by atoms with Gasteiger partial charge in [0.05, 0.1) is 25.5 Å². The molecule has 1 aromatic rings. The zero-order valence-corrected chi connectivity index (χ0v) is 12.8. The average molecular weight is 304 g/mol. The first-order valence-corrected chi connectivity index (χ1v) is 7.63. The summed E-state index contributed by atoms with van der Waals surface area (Å²) in [6, 6.07) is -0.802. The van der Waals surface area contributed by atoms with Gasteiger partial charge in [-0.3, -0.25) is 9.69 Å². The second-order valence-corrected chi connectivity index (χ2v) is 5.80. The van der Waals surface area contributed by atoms with Crippen LogP contribution in [-0.2, 0) is 29.1 Å². The lowest BCUT2D eigenvalue weighted by molar-refractivity contribution is -0.128. The number of urea groups is 1. The average Bonchev–Trinajstić information content (AvgIpc) is 2.82. The third kappa shape index (κ3) is 2.68. The number of ether oxygens (including phenoxy) is 1. The lowest BCUT2D eigenvalue weighted by atomic mass is 9.99. The highest BCUT2D eigenvalue weighted by Gasteiger charge is 2.40. The fraction of sp³-hybridized carbons (Fsp3) is 0.600. The molecule has 0 saturated carbocycles. The fourth-order valence-electron chi connectivity index (χ4n) is 2.70. The summed E-state index contributed by atoms with van der Waals surface area (Å²) in [5, 5.41) is 2.75. The number of nitrogens with one attached hydrogen (secondary N) is 1. The molecule has 7 nitrogen and oxygen atoms in total. The van der Waals surface area contributed by atoms with Crippen LogP contribution in [0.2, 0.25) is 0 Å². The molecule has 1 N–H and O–H groups in total. The van der Waals surface area contributed by atoms with Crippen molar-refractivity contribution in [2.24, 2.45) is 5.92 Å². The fourth-order valence-corrected chi connectivity index (χ4v) is 2.70. The van der Waals surface area contributed by atoms with Crippen LogP contribution in [0, 0.1) is 5.92 Å². The van der Waals surface area contributed by atoms with Gasteiger partial charge in [-0.15, -0.1) is 0 Å². The van der Waals surface area contributed by atoms with E-state index in [-0.39, 0.29) is 24.4 Å². The van der Waals surface area contributed by atoms with Crippen molar-refractivity contribution < 1.29 is 14.3 Å². The Hall–Kier alpha value is -2.02. The van der Waals surface area contributed by atoms with E-state index in [1.807, 2.05) is 13.8 Å². The highest BCUT2D eigenvalue weighted by Crippen LogP contribution is 2.19. The Labute approximate surface area is 129 Å². The number of imide groups is 1. The molecule has 2 aliphatic heterocycles. The molecule has 22 heavy (non-hydrogen) atoms. The lowest BCUT2D eigenvalue weighted by Gasteiger charge is -2.18. The minimum Gasteiger partial charge on any atom is -0.376 e. The molecule has 0 spiro atoms. The normalized spacial score (nSPS) is 22.5. The van der Waals surface area contributed by atoms with E-state index >= 15 is 0 Å². The Bertz CT molecular complexity index is 604. The highest BCUT2D eigenvalue weighted by molar-refractivity contribution is 6.04. The molecule has 0 bridgehead atoms. The molecule has 2 atom stereocenters. The number of nitrogens with zero attached hydrogens (tertiary/aromatic N) is 3. The van der Waals surface area contributed by atoms with Gasteiger partial charge in [0.25, 0.3) is 5.91 Å². The molecule has 3 amide bonds. The van der Waals surface area contributed by atoms with E-state index in [2.05, 4.69) is 15.3 Å². The van der Waals surface area contributed by atoms with Gasteiger partial charge in [0.2, 0.25) is 0 Å². The van der Waals surface area contributed by atoms with Crippen LogP contribution in [0.1, 0.15) is 37.4 Å². The molecular weight excluding hydrogens is 284 g/mol. The molecule has 118 valence electrons. The first kappa shape index (κ1) is 14.9. The zero-order chi connectivity index (χ0) is 15.7. The summed E-state index contributed by atoms with van der Waals surface area (Å²) in [4.78, 5) is 34.3. The van der Waals surface area contributed by atoms with Crippen molar-refractivity contribution in [1.29, 1.82) is 0 Å². The molecule has 1 saturated heterocycles. The maximum Gasteiger partial charge on any atom is 0.325 e. The maximum absolute atomic E-state index is 12.4. The van der Waals surface area contributed by atoms with Gasteiger partial charge in [0.1, 0.15) is 11.9 Å². The molecular formula is C15H20N4O3. The lowest BCUT2D eigenvalue weighted by Crippen LogP contribution is -2.35. The highest BCUT2D eigenvalue weighted by atomic mass is 16.5. The van der Waals surface area contributed by atoms with Crippen molar-refractivity contribution in [3.8, 4) is 0 Å². The van der Waals surface area contributed by atoms with Crippen molar-refractivity contribution >= 4 is 11.9 Å². The molecule has 7 heteroatoms. The summed E-state index contributed by atoms with van der Waals surface area (Å²) < 4.78 is 5.35. The van der Waals surface area contributed by atoms with Gasteiger partial charge in [-0.25, -0.2) is 14.8 Å². The first-order chi connectivity index (χ1) is 10.6. The van der Waals surface area contributed by atoms with Crippen molar-refractivity contribution in [1.82, 2.24) is 20.2 Å². The van der Waals surface area contributed by atoms with Crippen LogP contribution < -0.4 is 5.32 Å². The van der Waals surface area contributed by atoms with E-state index in [1.165, 1.54) is 4.90 Å². The molecule has 3 rings (SSSR count). The Kier molecular flexibility index (Phi) is 4.06. The number of aromatic nitrogens is 2. The minimum atomic E-state index is -0.441. The van der Waals surface area contributed by atoms with Gasteiger partial charge in [0, 0.05) is 18.2 Å². The number of amides is 3. The molecule has 0 radical (unpaired) electrons. The van der Waals surface area contributed by atoms with Crippen LogP contribution in [0.5, 0.6) is 0 Å². The Morgan fingerprint density at radius 1 is 1.50 bits per heavy atom. The van der Waals surface area contributed by atoms with Crippen LogP contribution >= 0.6 is 0 Å². The quantitative estimate of drug-likeness (QED) is 0.839. The Morgan fingerprint density at radius 3 is 3.09 bits per heavy atom. The number of carbonyl (C=O) groups excluding carboxylic acids is 2. The summed E-state index contributed by atoms with van der Waals surface area (Å²) in [6.07, 6.45) is 3.29. The standard InChI is InChI=1S/C15H20N4O3/c1-3-9(2)13-14(20)19(15(21)18-13)7-12-16-6-10-8-22-5-4-11(10)17-12/h6,9,13H,3-5,7-8H2,1-2H3,(H,18,21)/t9-,13-/m0/s1. The van der Waals surface area contributed by atoms with E-state index in [0.717, 1.165) is 24.1 Å². The number of rotatable bonds is 4. The molecule has 0 aromatic carbocycles. The van der Waals surface area contributed by atoms with Gasteiger partial charge in [-0.2, -0.15) is 0 Å². The summed E-state index contributed by atoms with van der Waals surface area (Å²) >= 11 is 0. The van der Waals surface area contributed by atoms with E-state index in [9.17, 15) is 9.59 Å². The second kappa shape index (κ2) is 6.00. The van der Waals surface area contributed by atoms with Crippen LogP contribution in [0.15, 0.2) is 6.20 Å². The van der Waals surface area contributed by atoms with Gasteiger partial charge in [0.15, 0.2) is 0 Å². The molecule has 1 fully saturated rings. The molecule has 0 unspecified atom stereocenters. The molecule has 2 aliphatic rings. The van der Waals surface area contributed by atoms with E-state index in [1.54, 1.807) is 6.20 Å². The largest absolute Gasteiger partial charge is 0.376 e.